The molecule has 2 aromatic rings. The highest BCUT2D eigenvalue weighted by molar-refractivity contribution is 9.10. The lowest BCUT2D eigenvalue weighted by Crippen LogP contribution is -2.69. The van der Waals surface area contributed by atoms with Gasteiger partial charge in [0.25, 0.3) is 0 Å². The van der Waals surface area contributed by atoms with E-state index in [0.717, 1.165) is 0 Å². The minimum Gasteiger partial charge on any atom is -0.194 e. The monoisotopic (exact) mass is 550 g/mol. The summed E-state index contributed by atoms with van der Waals surface area (Å²) >= 11 is 3.10. The second-order valence-corrected chi connectivity index (χ2v) is 7.37. The van der Waals surface area contributed by atoms with Crippen LogP contribution in [0.2, 0.25) is 0 Å². The van der Waals surface area contributed by atoms with Gasteiger partial charge in [-0.05, 0) is 23.3 Å². The van der Waals surface area contributed by atoms with E-state index in [0.29, 0.717) is 22.2 Å². The fourth-order valence-corrected chi connectivity index (χ4v) is 2.73. The highest BCUT2D eigenvalue weighted by Gasteiger charge is 2.90. The first-order valence-corrected chi connectivity index (χ1v) is 8.83. The summed E-state index contributed by atoms with van der Waals surface area (Å²) in [7, 11) is 0. The fraction of sp³-hybridized carbons (Fsp3) is 0.333. The summed E-state index contributed by atoms with van der Waals surface area (Å²) < 4.78 is 172. The van der Waals surface area contributed by atoms with E-state index >= 15 is 0 Å². The van der Waals surface area contributed by atoms with Gasteiger partial charge in [0.15, 0.2) is 0 Å². The first-order valence-electron chi connectivity index (χ1n) is 8.04. The molecule has 0 N–H and O–H groups in total. The smallest absolute Gasteiger partial charge is 0.194 e. The van der Waals surface area contributed by atoms with Gasteiger partial charge in [0.1, 0.15) is 0 Å². The Labute approximate surface area is 179 Å². The van der Waals surface area contributed by atoms with Crippen LogP contribution in [0.25, 0.3) is 11.1 Å². The normalized spacial score (nSPS) is 14.6. The van der Waals surface area contributed by atoms with Crippen LogP contribution < -0.4 is 0 Å². The van der Waals surface area contributed by atoms with Crippen molar-refractivity contribution in [3.8, 4) is 11.1 Å². The van der Waals surface area contributed by atoms with Crippen molar-refractivity contribution < 1.29 is 57.1 Å². The van der Waals surface area contributed by atoms with Crippen LogP contribution in [0, 0.1) is 0 Å². The quantitative estimate of drug-likeness (QED) is 0.317. The molecule has 2 rings (SSSR count). The highest BCUT2D eigenvalue weighted by atomic mass is 79.9. The third-order valence-corrected chi connectivity index (χ3v) is 4.89. The summed E-state index contributed by atoms with van der Waals surface area (Å²) in [6.45, 7) is 0. The molecule has 0 spiro atoms. The molecule has 0 saturated carbocycles. The molecule has 0 aliphatic rings. The van der Waals surface area contributed by atoms with E-state index in [9.17, 15) is 57.1 Å². The summed E-state index contributed by atoms with van der Waals surface area (Å²) in [4.78, 5) is 0. The van der Waals surface area contributed by atoms with Crippen molar-refractivity contribution >= 4 is 15.9 Å². The summed E-state index contributed by atoms with van der Waals surface area (Å²) in [5.74, 6) is -37.1. The topological polar surface area (TPSA) is 0 Å². The SMILES string of the molecule is FC(F)(F)C(F)(F)C(F)(F)C(F)(F)C(F)(F)C(F)(F)c1ccc(-c2ccc(Br)cc2)cc1. The summed E-state index contributed by atoms with van der Waals surface area (Å²) in [5, 5.41) is 0. The van der Waals surface area contributed by atoms with Crippen molar-refractivity contribution in [3.63, 3.8) is 0 Å². The number of rotatable bonds is 6. The van der Waals surface area contributed by atoms with Crippen molar-refractivity contribution in [1.29, 1.82) is 0 Å². The Morgan fingerprint density at radius 1 is 0.438 bits per heavy atom. The lowest BCUT2D eigenvalue weighted by molar-refractivity contribution is -0.441. The van der Waals surface area contributed by atoms with Crippen molar-refractivity contribution in [2.45, 2.75) is 35.8 Å². The molecule has 0 atom stereocenters. The molecule has 0 saturated heterocycles. The Hall–Kier alpha value is -1.99. The minimum atomic E-state index is -7.91. The third kappa shape index (κ3) is 3.83. The number of halogens is 14. The van der Waals surface area contributed by atoms with Gasteiger partial charge >= 0.3 is 35.8 Å². The number of alkyl halides is 13. The van der Waals surface area contributed by atoms with Crippen LogP contribution in [0.4, 0.5) is 57.1 Å². The maximum Gasteiger partial charge on any atom is 0.460 e. The number of benzene rings is 2. The molecule has 0 amide bonds. The molecular weight excluding hydrogens is 543 g/mol. The van der Waals surface area contributed by atoms with Crippen molar-refractivity contribution in [3.05, 3.63) is 58.6 Å². The molecule has 0 aromatic heterocycles. The maximum absolute atomic E-state index is 14.1. The van der Waals surface area contributed by atoms with E-state index in [1.807, 2.05) is 0 Å². The van der Waals surface area contributed by atoms with E-state index in [1.165, 1.54) is 24.3 Å². The van der Waals surface area contributed by atoms with Gasteiger partial charge in [-0.3, -0.25) is 0 Å². The maximum atomic E-state index is 14.1. The van der Waals surface area contributed by atoms with Crippen LogP contribution in [-0.4, -0.2) is 29.9 Å². The largest absolute Gasteiger partial charge is 0.460 e. The lowest BCUT2D eigenvalue weighted by atomic mass is 9.90. The average Bonchev–Trinajstić information content (AvgIpc) is 2.67. The standard InChI is InChI=1S/C18H8BrF13/c19-12-7-3-10(4-8-12)9-1-5-11(6-2-9)13(20,21)14(22,23)15(24,25)16(26,27)17(28,29)18(30,31)32/h1-8H. The summed E-state index contributed by atoms with van der Waals surface area (Å²) in [6, 6.07) is 7.53. The molecule has 0 aliphatic heterocycles. The van der Waals surface area contributed by atoms with Gasteiger partial charge < -0.3 is 0 Å². The van der Waals surface area contributed by atoms with Crippen LogP contribution in [0.5, 0.6) is 0 Å². The number of hydrogen-bond donors (Lipinski definition) is 0. The Morgan fingerprint density at radius 2 is 0.781 bits per heavy atom. The predicted octanol–water partition coefficient (Wildman–Crippen LogP) is 8.31. The molecule has 0 bridgehead atoms. The van der Waals surface area contributed by atoms with Crippen molar-refractivity contribution in [2.75, 3.05) is 0 Å². The molecule has 0 unspecified atom stereocenters. The molecule has 0 heterocycles. The van der Waals surface area contributed by atoms with Crippen molar-refractivity contribution in [2.24, 2.45) is 0 Å². The lowest BCUT2D eigenvalue weighted by Gasteiger charge is -2.39. The molecular formula is C18H8BrF13. The van der Waals surface area contributed by atoms with Crippen LogP contribution in [0.1, 0.15) is 5.56 Å². The molecule has 0 nitrogen and oxygen atoms in total. The van der Waals surface area contributed by atoms with E-state index in [1.54, 1.807) is 0 Å². The van der Waals surface area contributed by atoms with Gasteiger partial charge in [-0.25, -0.2) is 0 Å². The summed E-state index contributed by atoms with van der Waals surface area (Å²) in [5.41, 5.74) is -1.60. The van der Waals surface area contributed by atoms with Crippen molar-refractivity contribution in [1.82, 2.24) is 0 Å². The van der Waals surface area contributed by atoms with Gasteiger partial charge in [-0.2, -0.15) is 57.1 Å². The highest BCUT2D eigenvalue weighted by Crippen LogP contribution is 2.62. The average molecular weight is 551 g/mol. The van der Waals surface area contributed by atoms with E-state index < -0.39 is 41.4 Å². The van der Waals surface area contributed by atoms with Crippen LogP contribution in [0.15, 0.2) is 53.0 Å². The molecule has 0 radical (unpaired) electrons. The molecule has 0 fully saturated rings. The van der Waals surface area contributed by atoms with Gasteiger partial charge in [-0.1, -0.05) is 52.3 Å². The van der Waals surface area contributed by atoms with Crippen LogP contribution >= 0.6 is 15.9 Å². The first kappa shape index (κ1) is 26.3. The zero-order valence-corrected chi connectivity index (χ0v) is 16.5. The van der Waals surface area contributed by atoms with Gasteiger partial charge in [-0.15, -0.1) is 0 Å². The van der Waals surface area contributed by atoms with Crippen LogP contribution in [0.3, 0.4) is 0 Å². The van der Waals surface area contributed by atoms with Gasteiger partial charge in [0.05, 0.1) is 0 Å². The fourth-order valence-electron chi connectivity index (χ4n) is 2.47. The Balaban J connectivity index is 2.50. The Morgan fingerprint density at radius 3 is 1.16 bits per heavy atom. The molecule has 2 aromatic carbocycles. The van der Waals surface area contributed by atoms with E-state index in [-0.39, 0.29) is 17.7 Å². The predicted molar refractivity (Wildman–Crippen MR) is 89.3 cm³/mol. The first-order chi connectivity index (χ1) is 14.2. The van der Waals surface area contributed by atoms with Gasteiger partial charge in [0, 0.05) is 10.0 Å². The zero-order valence-electron chi connectivity index (χ0n) is 14.9. The minimum absolute atomic E-state index is 0.0843. The third-order valence-electron chi connectivity index (χ3n) is 4.36. The van der Waals surface area contributed by atoms with Gasteiger partial charge in [0.2, 0.25) is 0 Å². The molecule has 32 heavy (non-hydrogen) atoms. The van der Waals surface area contributed by atoms with E-state index in [2.05, 4.69) is 15.9 Å². The second kappa shape index (κ2) is 7.80. The second-order valence-electron chi connectivity index (χ2n) is 6.45. The molecule has 14 heteroatoms. The van der Waals surface area contributed by atoms with E-state index in [4.69, 9.17) is 0 Å². The molecule has 0 aliphatic carbocycles. The zero-order chi connectivity index (χ0) is 25.0. The summed E-state index contributed by atoms with van der Waals surface area (Å²) in [6.07, 6.45) is -7.43. The Bertz CT molecular complexity index is 944. The molecule has 178 valence electrons. The van der Waals surface area contributed by atoms with Crippen LogP contribution in [-0.2, 0) is 5.92 Å². The Kier molecular flexibility index (Phi) is 6.40. The number of hydrogen-bond acceptors (Lipinski definition) is 0.